The van der Waals surface area contributed by atoms with Gasteiger partial charge in [-0.3, -0.25) is 0 Å². The highest BCUT2D eigenvalue weighted by molar-refractivity contribution is 6.34. The summed E-state index contributed by atoms with van der Waals surface area (Å²) in [5, 5.41) is 9.63. The van der Waals surface area contributed by atoms with E-state index in [1.165, 1.54) is 0 Å². The number of rotatable bonds is 5. The fourth-order valence-corrected chi connectivity index (χ4v) is 2.08. The lowest BCUT2D eigenvalue weighted by atomic mass is 10.1. The summed E-state index contributed by atoms with van der Waals surface area (Å²) in [6, 6.07) is 4.96. The molecule has 0 heterocycles. The molecule has 3 nitrogen and oxygen atoms in total. The average molecular weight is 256 g/mol. The van der Waals surface area contributed by atoms with Crippen LogP contribution in [0.4, 0.5) is 5.69 Å². The third kappa shape index (κ3) is 3.37. The molecule has 0 amide bonds. The Morgan fingerprint density at radius 1 is 1.53 bits per heavy atom. The molecule has 1 aromatic carbocycles. The maximum atomic E-state index is 11.1. The lowest BCUT2D eigenvalue weighted by molar-refractivity contribution is 0.0697. The number of benzene rings is 1. The number of hydrogen-bond acceptors (Lipinski definition) is 2. The van der Waals surface area contributed by atoms with Gasteiger partial charge in [0.15, 0.2) is 0 Å². The first-order chi connectivity index (χ1) is 7.97. The molecule has 0 aliphatic carbocycles. The second-order valence-corrected chi connectivity index (χ2v) is 4.74. The zero-order valence-electron chi connectivity index (χ0n) is 10.4. The van der Waals surface area contributed by atoms with Crippen molar-refractivity contribution in [3.63, 3.8) is 0 Å². The number of halogens is 1. The van der Waals surface area contributed by atoms with E-state index in [0.717, 1.165) is 13.0 Å². The number of carbonyl (C=O) groups is 1. The second-order valence-electron chi connectivity index (χ2n) is 4.34. The van der Waals surface area contributed by atoms with E-state index in [1.54, 1.807) is 18.2 Å². The first kappa shape index (κ1) is 13.8. The molecular weight excluding hydrogens is 238 g/mol. The van der Waals surface area contributed by atoms with Crippen molar-refractivity contribution in [3.05, 3.63) is 28.8 Å². The number of anilines is 1. The molecule has 0 fully saturated rings. The van der Waals surface area contributed by atoms with Gasteiger partial charge >= 0.3 is 5.97 Å². The molecule has 1 aromatic rings. The molecule has 0 aromatic heterocycles. The summed E-state index contributed by atoms with van der Waals surface area (Å²) in [5.41, 5.74) is 0.852. The lowest BCUT2D eigenvalue weighted by Gasteiger charge is -2.25. The quantitative estimate of drug-likeness (QED) is 0.875. The van der Waals surface area contributed by atoms with E-state index in [2.05, 4.69) is 13.8 Å². The van der Waals surface area contributed by atoms with Crippen LogP contribution < -0.4 is 4.90 Å². The third-order valence-electron chi connectivity index (χ3n) is 2.88. The molecule has 0 spiro atoms. The van der Waals surface area contributed by atoms with Gasteiger partial charge in [0.1, 0.15) is 0 Å². The van der Waals surface area contributed by atoms with Crippen LogP contribution in [0, 0.1) is 5.92 Å². The van der Waals surface area contributed by atoms with Crippen molar-refractivity contribution in [2.24, 2.45) is 5.92 Å². The summed E-state index contributed by atoms with van der Waals surface area (Å²) in [7, 11) is 1.87. The summed E-state index contributed by atoms with van der Waals surface area (Å²) in [6.45, 7) is 5.04. The van der Waals surface area contributed by atoms with Crippen molar-refractivity contribution >= 4 is 23.3 Å². The van der Waals surface area contributed by atoms with Crippen LogP contribution in [0.5, 0.6) is 0 Å². The fourth-order valence-electron chi connectivity index (χ4n) is 1.76. The molecule has 0 aliphatic rings. The zero-order chi connectivity index (χ0) is 13.0. The first-order valence-corrected chi connectivity index (χ1v) is 6.08. The second kappa shape index (κ2) is 5.92. The van der Waals surface area contributed by atoms with Gasteiger partial charge in [-0.25, -0.2) is 4.79 Å². The van der Waals surface area contributed by atoms with E-state index >= 15 is 0 Å². The van der Waals surface area contributed by atoms with E-state index in [1.807, 2.05) is 11.9 Å². The predicted octanol–water partition coefficient (Wildman–Crippen LogP) is 3.52. The Bertz CT molecular complexity index is 406. The van der Waals surface area contributed by atoms with Gasteiger partial charge in [0.05, 0.1) is 16.3 Å². The summed E-state index contributed by atoms with van der Waals surface area (Å²) in [6.07, 6.45) is 1.05. The van der Waals surface area contributed by atoms with Crippen LogP contribution in [0.25, 0.3) is 0 Å². The molecule has 1 atom stereocenters. The van der Waals surface area contributed by atoms with Crippen LogP contribution in [-0.2, 0) is 0 Å². The van der Waals surface area contributed by atoms with E-state index in [-0.39, 0.29) is 5.56 Å². The Morgan fingerprint density at radius 2 is 2.18 bits per heavy atom. The minimum atomic E-state index is -0.946. The predicted molar refractivity (Wildman–Crippen MR) is 71.1 cm³/mol. The van der Waals surface area contributed by atoms with Gasteiger partial charge in [0.25, 0.3) is 0 Å². The highest BCUT2D eigenvalue weighted by atomic mass is 35.5. The molecule has 0 saturated carbocycles. The van der Waals surface area contributed by atoms with Crippen molar-refractivity contribution in [1.29, 1.82) is 0 Å². The minimum Gasteiger partial charge on any atom is -0.478 e. The lowest BCUT2D eigenvalue weighted by Crippen LogP contribution is -2.25. The Hall–Kier alpha value is -1.22. The third-order valence-corrected chi connectivity index (χ3v) is 3.19. The molecule has 1 rings (SSSR count). The number of nitrogens with zero attached hydrogens (tertiary/aromatic N) is 1. The standard InChI is InChI=1S/C13H18ClNO2/c1-4-9(2)8-15(3)12-10(13(16)17)6-5-7-11(12)14/h5-7,9H,4,8H2,1-3H3,(H,16,17). The summed E-state index contributed by atoms with van der Waals surface area (Å²) in [5.74, 6) is -0.448. The average Bonchev–Trinajstić information content (AvgIpc) is 2.28. The van der Waals surface area contributed by atoms with Crippen molar-refractivity contribution in [2.75, 3.05) is 18.5 Å². The monoisotopic (exact) mass is 255 g/mol. The summed E-state index contributed by atoms with van der Waals surface area (Å²) < 4.78 is 0. The molecule has 0 saturated heterocycles. The smallest absolute Gasteiger partial charge is 0.337 e. The fraction of sp³-hybridized carbons (Fsp3) is 0.462. The van der Waals surface area contributed by atoms with Gasteiger partial charge in [-0.05, 0) is 18.1 Å². The molecule has 1 N–H and O–H groups in total. The van der Waals surface area contributed by atoms with Crippen molar-refractivity contribution in [3.8, 4) is 0 Å². The SMILES string of the molecule is CCC(C)CN(C)c1c(Cl)cccc1C(=O)O. The number of aromatic carboxylic acids is 1. The molecule has 1 unspecified atom stereocenters. The molecule has 17 heavy (non-hydrogen) atoms. The van der Waals surface area contributed by atoms with Crippen LogP contribution in [0.2, 0.25) is 5.02 Å². The van der Waals surface area contributed by atoms with E-state index < -0.39 is 5.97 Å². The highest BCUT2D eigenvalue weighted by Gasteiger charge is 2.17. The number of hydrogen-bond donors (Lipinski definition) is 1. The van der Waals surface area contributed by atoms with Crippen molar-refractivity contribution < 1.29 is 9.90 Å². The van der Waals surface area contributed by atoms with Crippen LogP contribution in [0.1, 0.15) is 30.6 Å². The van der Waals surface area contributed by atoms with E-state index in [9.17, 15) is 4.79 Å². The topological polar surface area (TPSA) is 40.5 Å². The molecule has 0 aliphatic heterocycles. The van der Waals surface area contributed by atoms with Gasteiger partial charge in [-0.15, -0.1) is 0 Å². The van der Waals surface area contributed by atoms with Crippen LogP contribution in [0.15, 0.2) is 18.2 Å². The Labute approximate surface area is 107 Å². The van der Waals surface area contributed by atoms with Gasteiger partial charge in [0.2, 0.25) is 0 Å². The van der Waals surface area contributed by atoms with E-state index in [0.29, 0.717) is 16.6 Å². The van der Waals surface area contributed by atoms with Crippen molar-refractivity contribution in [1.82, 2.24) is 0 Å². The number of para-hydroxylation sites is 1. The largest absolute Gasteiger partial charge is 0.478 e. The maximum Gasteiger partial charge on any atom is 0.337 e. The number of carboxylic acids is 1. The van der Waals surface area contributed by atoms with E-state index in [4.69, 9.17) is 16.7 Å². The van der Waals surface area contributed by atoms with Crippen LogP contribution in [0.3, 0.4) is 0 Å². The molecule has 4 heteroatoms. The van der Waals surface area contributed by atoms with Gasteiger partial charge < -0.3 is 10.0 Å². The van der Waals surface area contributed by atoms with Gasteiger partial charge in [-0.2, -0.15) is 0 Å². The van der Waals surface area contributed by atoms with Gasteiger partial charge in [-0.1, -0.05) is 37.9 Å². The summed E-state index contributed by atoms with van der Waals surface area (Å²) >= 11 is 6.09. The van der Waals surface area contributed by atoms with Gasteiger partial charge in [0, 0.05) is 13.6 Å². The Balaban J connectivity index is 3.06. The Kier molecular flexibility index (Phi) is 4.82. The van der Waals surface area contributed by atoms with Crippen molar-refractivity contribution in [2.45, 2.75) is 20.3 Å². The molecule has 94 valence electrons. The highest BCUT2D eigenvalue weighted by Crippen LogP contribution is 2.29. The summed E-state index contributed by atoms with van der Waals surface area (Å²) in [4.78, 5) is 13.1. The Morgan fingerprint density at radius 3 is 2.71 bits per heavy atom. The number of carboxylic acid groups (broad SMARTS) is 1. The maximum absolute atomic E-state index is 11.1. The minimum absolute atomic E-state index is 0.253. The first-order valence-electron chi connectivity index (χ1n) is 5.70. The van der Waals surface area contributed by atoms with Crippen LogP contribution in [-0.4, -0.2) is 24.7 Å². The zero-order valence-corrected chi connectivity index (χ0v) is 11.2. The molecular formula is C13H18ClNO2. The molecule has 0 bridgehead atoms. The normalized spacial score (nSPS) is 12.2. The van der Waals surface area contributed by atoms with Crippen LogP contribution >= 0.6 is 11.6 Å². The molecule has 0 radical (unpaired) electrons.